The lowest BCUT2D eigenvalue weighted by Crippen LogP contribution is -2.39. The molecule has 2 aliphatic rings. The van der Waals surface area contributed by atoms with Gasteiger partial charge in [0.15, 0.2) is 5.78 Å². The fourth-order valence-corrected chi connectivity index (χ4v) is 3.76. The molecule has 2 aromatic rings. The molecule has 8 heteroatoms. The molecule has 2 heterocycles. The molecule has 0 aromatic heterocycles. The summed E-state index contributed by atoms with van der Waals surface area (Å²) in [6.45, 7) is 1.35. The summed E-state index contributed by atoms with van der Waals surface area (Å²) < 4.78 is 5.99. The van der Waals surface area contributed by atoms with Crippen LogP contribution >= 0.6 is 15.9 Å². The highest BCUT2D eigenvalue weighted by Crippen LogP contribution is 2.38. The Bertz CT molecular complexity index is 1000. The van der Waals surface area contributed by atoms with Crippen molar-refractivity contribution >= 4 is 50.6 Å². The van der Waals surface area contributed by atoms with Gasteiger partial charge in [0.1, 0.15) is 23.4 Å². The maximum atomic E-state index is 13.2. The third-order valence-corrected chi connectivity index (χ3v) is 5.36. The normalized spacial score (nSPS) is 21.0. The fraction of sp³-hybridized carbons (Fsp3) is 0.200. The van der Waals surface area contributed by atoms with Crippen molar-refractivity contribution in [2.45, 2.75) is 13.0 Å². The minimum Gasteiger partial charge on any atom is -0.497 e. The zero-order valence-corrected chi connectivity index (χ0v) is 16.7. The number of rotatable bonds is 4. The van der Waals surface area contributed by atoms with Gasteiger partial charge in [-0.25, -0.2) is 4.90 Å². The number of anilines is 2. The minimum absolute atomic E-state index is 0.0961. The quantitative estimate of drug-likeness (QED) is 0.681. The second kappa shape index (κ2) is 6.87. The third-order valence-electron chi connectivity index (χ3n) is 4.83. The van der Waals surface area contributed by atoms with E-state index in [1.54, 1.807) is 55.6 Å². The molecule has 0 radical (unpaired) electrons. The molecule has 7 nitrogen and oxygen atoms in total. The van der Waals surface area contributed by atoms with Gasteiger partial charge in [0, 0.05) is 11.4 Å². The van der Waals surface area contributed by atoms with Crippen LogP contribution in [0.3, 0.4) is 0 Å². The van der Waals surface area contributed by atoms with Crippen molar-refractivity contribution in [3.63, 3.8) is 0 Å². The van der Waals surface area contributed by atoms with Crippen molar-refractivity contribution in [2.75, 3.05) is 17.0 Å². The fourth-order valence-electron chi connectivity index (χ4n) is 3.50. The van der Waals surface area contributed by atoms with Crippen molar-refractivity contribution < 1.29 is 19.1 Å². The maximum Gasteiger partial charge on any atom is 0.259 e. The van der Waals surface area contributed by atoms with Gasteiger partial charge in [-0.3, -0.25) is 19.4 Å². The molecule has 0 unspecified atom stereocenters. The molecule has 0 saturated carbocycles. The number of carbonyl (C=O) groups is 3. The lowest BCUT2D eigenvalue weighted by molar-refractivity contribution is -0.122. The Morgan fingerprint density at radius 2 is 1.61 bits per heavy atom. The molecule has 0 spiro atoms. The Kier molecular flexibility index (Phi) is 4.50. The molecule has 1 fully saturated rings. The highest BCUT2D eigenvalue weighted by molar-refractivity contribution is 9.10. The monoisotopic (exact) mass is 441 g/mol. The van der Waals surface area contributed by atoms with Gasteiger partial charge < -0.3 is 4.74 Å². The zero-order valence-electron chi connectivity index (χ0n) is 15.1. The number of hydrogen-bond donors (Lipinski definition) is 0. The Hall–Kier alpha value is -3.00. The van der Waals surface area contributed by atoms with Crippen molar-refractivity contribution in [1.82, 2.24) is 0 Å². The van der Waals surface area contributed by atoms with Gasteiger partial charge in [-0.15, -0.1) is 0 Å². The van der Waals surface area contributed by atoms with Crippen LogP contribution in [0.1, 0.15) is 6.92 Å². The van der Waals surface area contributed by atoms with Crippen LogP contribution in [0.25, 0.3) is 0 Å². The van der Waals surface area contributed by atoms with Gasteiger partial charge in [-0.05, 0) is 48.5 Å². The van der Waals surface area contributed by atoms with Crippen LogP contribution in [0.15, 0.2) is 58.1 Å². The Labute approximate surface area is 169 Å². The molecule has 0 N–H and O–H groups in total. The van der Waals surface area contributed by atoms with E-state index in [4.69, 9.17) is 4.74 Å². The van der Waals surface area contributed by atoms with E-state index in [0.717, 1.165) is 9.37 Å². The van der Waals surface area contributed by atoms with Crippen LogP contribution in [0.2, 0.25) is 0 Å². The molecule has 2 aliphatic heterocycles. The zero-order chi connectivity index (χ0) is 20.0. The van der Waals surface area contributed by atoms with Crippen molar-refractivity contribution in [1.29, 1.82) is 0 Å². The van der Waals surface area contributed by atoms with Crippen LogP contribution in [-0.4, -0.2) is 36.5 Å². The molecule has 28 heavy (non-hydrogen) atoms. The summed E-state index contributed by atoms with van der Waals surface area (Å²) in [6, 6.07) is 12.9. The van der Waals surface area contributed by atoms with Crippen LogP contribution in [0.5, 0.6) is 5.75 Å². The number of hydrazone groups is 1. The summed E-state index contributed by atoms with van der Waals surface area (Å²) in [6.07, 6.45) is 0. The number of hydrogen-bond acceptors (Lipinski definition) is 6. The second-order valence-corrected chi connectivity index (χ2v) is 7.41. The Morgan fingerprint density at radius 1 is 1.00 bits per heavy atom. The number of halogens is 1. The van der Waals surface area contributed by atoms with Crippen LogP contribution < -0.4 is 14.6 Å². The summed E-state index contributed by atoms with van der Waals surface area (Å²) in [5.74, 6) is -1.45. The molecule has 0 aliphatic carbocycles. The van der Waals surface area contributed by atoms with Gasteiger partial charge in [0.25, 0.3) is 5.91 Å². The van der Waals surface area contributed by atoms with E-state index in [1.807, 2.05) is 0 Å². The van der Waals surface area contributed by atoms with E-state index in [-0.39, 0.29) is 11.5 Å². The molecular formula is C20H16BrN3O4. The first kappa shape index (κ1) is 18.4. The molecule has 2 aromatic carbocycles. The van der Waals surface area contributed by atoms with Gasteiger partial charge in [0.2, 0.25) is 5.91 Å². The highest BCUT2D eigenvalue weighted by atomic mass is 79.9. The van der Waals surface area contributed by atoms with Gasteiger partial charge in [-0.1, -0.05) is 15.9 Å². The van der Waals surface area contributed by atoms with E-state index < -0.39 is 23.8 Å². The number of methoxy groups -OCH3 is 1. The average Bonchev–Trinajstić information content (AvgIpc) is 3.20. The van der Waals surface area contributed by atoms with E-state index >= 15 is 0 Å². The van der Waals surface area contributed by atoms with Gasteiger partial charge >= 0.3 is 0 Å². The Balaban J connectivity index is 1.77. The number of nitrogens with zero attached hydrogens (tertiary/aromatic N) is 3. The molecule has 142 valence electrons. The van der Waals surface area contributed by atoms with Crippen LogP contribution in [0, 0.1) is 5.92 Å². The van der Waals surface area contributed by atoms with E-state index in [2.05, 4.69) is 21.0 Å². The van der Waals surface area contributed by atoms with Crippen molar-refractivity contribution in [3.8, 4) is 5.75 Å². The largest absolute Gasteiger partial charge is 0.497 e. The molecule has 4 rings (SSSR count). The smallest absolute Gasteiger partial charge is 0.259 e. The highest BCUT2D eigenvalue weighted by Gasteiger charge is 2.58. The first-order valence-corrected chi connectivity index (χ1v) is 9.38. The van der Waals surface area contributed by atoms with Crippen LogP contribution in [-0.2, 0) is 14.4 Å². The van der Waals surface area contributed by atoms with E-state index in [9.17, 15) is 14.4 Å². The SMILES string of the molecule is COc1ccc(N2N=C(C(C)=O)[C@@H]3C(=O)N(c4ccc(Br)cc4)C(=O)[C@H]32)cc1. The second-order valence-electron chi connectivity index (χ2n) is 6.49. The first-order chi connectivity index (χ1) is 13.4. The number of ketones is 1. The molecule has 2 amide bonds. The van der Waals surface area contributed by atoms with Gasteiger partial charge in [-0.2, -0.15) is 5.10 Å². The van der Waals surface area contributed by atoms with Crippen LogP contribution in [0.4, 0.5) is 11.4 Å². The molecule has 0 bridgehead atoms. The number of benzene rings is 2. The number of ether oxygens (including phenoxy) is 1. The number of carbonyl (C=O) groups excluding carboxylic acids is 3. The number of Topliss-reactive ketones (excluding diaryl/α,β-unsaturated/α-hetero) is 1. The predicted molar refractivity (Wildman–Crippen MR) is 108 cm³/mol. The number of imide groups is 1. The van der Waals surface area contributed by atoms with Crippen molar-refractivity contribution in [3.05, 3.63) is 53.0 Å². The van der Waals surface area contributed by atoms with Crippen molar-refractivity contribution in [2.24, 2.45) is 11.0 Å². The summed E-state index contributed by atoms with van der Waals surface area (Å²) in [5.41, 5.74) is 1.16. The third kappa shape index (κ3) is 2.80. The van der Waals surface area contributed by atoms with E-state index in [1.165, 1.54) is 11.9 Å². The average molecular weight is 442 g/mol. The topological polar surface area (TPSA) is 79.3 Å². The number of amides is 2. The molecular weight excluding hydrogens is 426 g/mol. The maximum absolute atomic E-state index is 13.2. The Morgan fingerprint density at radius 3 is 2.18 bits per heavy atom. The summed E-state index contributed by atoms with van der Waals surface area (Å²) in [7, 11) is 1.56. The standard InChI is InChI=1S/C20H16BrN3O4/c1-11(25)17-16-18(24(22-17)14-7-9-15(28-2)10-8-14)20(27)23(19(16)26)13-5-3-12(21)4-6-13/h3-10,16,18H,1-2H3/t16-,18-/m0/s1. The summed E-state index contributed by atoms with van der Waals surface area (Å²) in [4.78, 5) is 39.6. The summed E-state index contributed by atoms with van der Waals surface area (Å²) in [5, 5.41) is 5.78. The molecule has 1 saturated heterocycles. The van der Waals surface area contributed by atoms with E-state index in [0.29, 0.717) is 17.1 Å². The number of fused-ring (bicyclic) bond motifs is 1. The van der Waals surface area contributed by atoms with Gasteiger partial charge in [0.05, 0.1) is 18.5 Å². The first-order valence-electron chi connectivity index (χ1n) is 8.58. The predicted octanol–water partition coefficient (Wildman–Crippen LogP) is 2.78. The summed E-state index contributed by atoms with van der Waals surface area (Å²) >= 11 is 3.34. The lowest BCUT2D eigenvalue weighted by Gasteiger charge is -2.22. The minimum atomic E-state index is -0.921. The molecule has 2 atom stereocenters. The lowest BCUT2D eigenvalue weighted by atomic mass is 9.95.